The minimum absolute atomic E-state index is 0.00503. The fourth-order valence-electron chi connectivity index (χ4n) is 4.17. The van der Waals surface area contributed by atoms with Crippen molar-refractivity contribution in [3.8, 4) is 0 Å². The van der Waals surface area contributed by atoms with Gasteiger partial charge < -0.3 is 9.47 Å². The van der Waals surface area contributed by atoms with Gasteiger partial charge in [0.05, 0.1) is 4.90 Å². The first kappa shape index (κ1) is 18.7. The Labute approximate surface area is 163 Å². The minimum Gasteiger partial charge on any atom is -0.458 e. The van der Waals surface area contributed by atoms with Crippen LogP contribution in [0.15, 0.2) is 53.5 Å². The van der Waals surface area contributed by atoms with Crippen LogP contribution >= 0.6 is 0 Å². The monoisotopic (exact) mass is 403 g/mol. The number of hydrogen-bond acceptors (Lipinski definition) is 6. The fraction of sp³-hybridized carbons (Fsp3) is 0.400. The number of allylic oxidation sites excluding steroid dienone is 2. The molecule has 28 heavy (non-hydrogen) atoms. The van der Waals surface area contributed by atoms with Gasteiger partial charge in [-0.25, -0.2) is 13.2 Å². The lowest BCUT2D eigenvalue weighted by molar-refractivity contribution is -0.149. The third kappa shape index (κ3) is 3.01. The van der Waals surface area contributed by atoms with E-state index in [0.717, 1.165) is 9.87 Å². The number of amides is 1. The van der Waals surface area contributed by atoms with E-state index in [2.05, 4.69) is 0 Å². The van der Waals surface area contributed by atoms with Gasteiger partial charge in [0.1, 0.15) is 18.2 Å². The zero-order chi connectivity index (χ0) is 20.1. The molecule has 8 heteroatoms. The Balaban J connectivity index is 1.70. The molecule has 1 aromatic carbocycles. The molecule has 5 atom stereocenters. The molecule has 7 nitrogen and oxygen atoms in total. The average Bonchev–Trinajstić information content (AvgIpc) is 2.98. The summed E-state index contributed by atoms with van der Waals surface area (Å²) in [4.78, 5) is 24.1. The molecule has 1 saturated heterocycles. The van der Waals surface area contributed by atoms with Gasteiger partial charge in [0.25, 0.3) is 10.0 Å². The van der Waals surface area contributed by atoms with Crippen molar-refractivity contribution in [2.75, 3.05) is 0 Å². The van der Waals surface area contributed by atoms with Crippen molar-refractivity contribution in [3.05, 3.63) is 54.1 Å². The van der Waals surface area contributed by atoms with Crippen molar-refractivity contribution in [2.24, 2.45) is 11.8 Å². The molecular weight excluding hydrogens is 382 g/mol. The summed E-state index contributed by atoms with van der Waals surface area (Å²) in [5.41, 5.74) is 0.916. The van der Waals surface area contributed by atoms with Crippen molar-refractivity contribution in [2.45, 2.75) is 43.4 Å². The summed E-state index contributed by atoms with van der Waals surface area (Å²) >= 11 is 0. The standard InChI is InChI=1S/C20H21NO6S/c1-12-6-9-15(10-7-12)28(24,25)21-16-11-8-14-4-3-5-17(26-13(2)22)18(14)19(16)27-20(21)23/h3,5-11,14,16-19H,4H2,1-2H3/t14-,16+,17-,18+,19+/m1/s1. The van der Waals surface area contributed by atoms with Gasteiger partial charge in [-0.05, 0) is 37.5 Å². The lowest BCUT2D eigenvalue weighted by Gasteiger charge is -2.40. The molecule has 0 N–H and O–H groups in total. The van der Waals surface area contributed by atoms with Gasteiger partial charge in [0, 0.05) is 12.8 Å². The molecule has 0 spiro atoms. The second-order valence-corrected chi connectivity index (χ2v) is 9.13. The van der Waals surface area contributed by atoms with Gasteiger partial charge in [-0.3, -0.25) is 4.79 Å². The second kappa shape index (κ2) is 6.77. The van der Waals surface area contributed by atoms with Crippen molar-refractivity contribution >= 4 is 22.1 Å². The molecule has 0 saturated carbocycles. The Morgan fingerprint density at radius 3 is 2.57 bits per heavy atom. The molecule has 0 radical (unpaired) electrons. The predicted molar refractivity (Wildman–Crippen MR) is 99.7 cm³/mol. The predicted octanol–water partition coefficient (Wildman–Crippen LogP) is 2.57. The molecule has 1 heterocycles. The van der Waals surface area contributed by atoms with E-state index in [0.29, 0.717) is 6.42 Å². The number of fused-ring (bicyclic) bond motifs is 3. The Bertz CT molecular complexity index is 965. The van der Waals surface area contributed by atoms with E-state index in [1.165, 1.54) is 19.1 Å². The van der Waals surface area contributed by atoms with E-state index in [1.54, 1.807) is 24.3 Å². The normalized spacial score (nSPS) is 31.1. The van der Waals surface area contributed by atoms with E-state index in [-0.39, 0.29) is 16.7 Å². The van der Waals surface area contributed by atoms with Crippen LogP contribution in [0.4, 0.5) is 4.79 Å². The van der Waals surface area contributed by atoms with Gasteiger partial charge in [0.15, 0.2) is 0 Å². The number of sulfonamides is 1. The van der Waals surface area contributed by atoms with Crippen molar-refractivity contribution in [3.63, 3.8) is 0 Å². The molecule has 4 rings (SSSR count). The fourth-order valence-corrected chi connectivity index (χ4v) is 5.63. The van der Waals surface area contributed by atoms with E-state index in [9.17, 15) is 18.0 Å². The smallest absolute Gasteiger partial charge is 0.424 e. The van der Waals surface area contributed by atoms with Gasteiger partial charge in [0.2, 0.25) is 0 Å². The number of nitrogens with zero attached hydrogens (tertiary/aromatic N) is 1. The van der Waals surface area contributed by atoms with Crippen molar-refractivity contribution in [1.29, 1.82) is 0 Å². The molecule has 3 aliphatic rings. The van der Waals surface area contributed by atoms with Gasteiger partial charge in [-0.2, -0.15) is 4.31 Å². The van der Waals surface area contributed by atoms with Crippen molar-refractivity contribution < 1.29 is 27.5 Å². The first-order valence-corrected chi connectivity index (χ1v) is 10.6. The number of carbonyl (C=O) groups excluding carboxylic acids is 2. The number of benzene rings is 1. The van der Waals surface area contributed by atoms with Crippen molar-refractivity contribution in [1.82, 2.24) is 4.31 Å². The van der Waals surface area contributed by atoms with Crippen LogP contribution in [0, 0.1) is 18.8 Å². The van der Waals surface area contributed by atoms with E-state index in [4.69, 9.17) is 9.47 Å². The SMILES string of the molecule is CC(=O)O[C@@H]1C=CC[C@@H]2C=C[C@H]3[C@H](OC(=O)N3S(=O)(=O)c3ccc(C)cc3)[C@@H]21. The van der Waals surface area contributed by atoms with Crippen LogP contribution in [-0.2, 0) is 24.3 Å². The van der Waals surface area contributed by atoms with Crippen LogP contribution in [0.2, 0.25) is 0 Å². The van der Waals surface area contributed by atoms with Crippen LogP contribution in [0.3, 0.4) is 0 Å². The first-order valence-electron chi connectivity index (χ1n) is 9.13. The molecule has 0 unspecified atom stereocenters. The highest BCUT2D eigenvalue weighted by molar-refractivity contribution is 7.89. The second-order valence-electron chi connectivity index (χ2n) is 7.32. The largest absolute Gasteiger partial charge is 0.458 e. The number of esters is 1. The quantitative estimate of drug-likeness (QED) is 0.569. The van der Waals surface area contributed by atoms with E-state index >= 15 is 0 Å². The zero-order valence-electron chi connectivity index (χ0n) is 15.5. The number of rotatable bonds is 3. The highest BCUT2D eigenvalue weighted by Gasteiger charge is 2.55. The Morgan fingerprint density at radius 1 is 1.18 bits per heavy atom. The number of ether oxygens (including phenoxy) is 2. The maximum atomic E-state index is 13.1. The highest BCUT2D eigenvalue weighted by Crippen LogP contribution is 2.43. The summed E-state index contributed by atoms with van der Waals surface area (Å²) in [7, 11) is -4.07. The lowest BCUT2D eigenvalue weighted by Crippen LogP contribution is -2.49. The lowest BCUT2D eigenvalue weighted by atomic mass is 9.72. The summed E-state index contributed by atoms with van der Waals surface area (Å²) in [5, 5.41) is 0. The van der Waals surface area contributed by atoms with Crippen LogP contribution in [0.25, 0.3) is 0 Å². The average molecular weight is 403 g/mol. The van der Waals surface area contributed by atoms with Crippen LogP contribution in [0.5, 0.6) is 0 Å². The number of hydrogen-bond donors (Lipinski definition) is 0. The molecule has 1 aromatic rings. The van der Waals surface area contributed by atoms with Gasteiger partial charge in [-0.1, -0.05) is 35.9 Å². The highest BCUT2D eigenvalue weighted by atomic mass is 32.2. The summed E-state index contributed by atoms with van der Waals surface area (Å²) in [5.74, 6) is -0.758. The van der Waals surface area contributed by atoms with E-state index in [1.807, 2.05) is 19.1 Å². The molecular formula is C20H21NO6S. The Morgan fingerprint density at radius 2 is 1.89 bits per heavy atom. The molecule has 0 bridgehead atoms. The Kier molecular flexibility index (Phi) is 4.53. The summed E-state index contributed by atoms with van der Waals surface area (Å²) in [6.45, 7) is 3.18. The van der Waals surface area contributed by atoms with Crippen LogP contribution < -0.4 is 0 Å². The molecule has 1 fully saturated rings. The molecule has 148 valence electrons. The topological polar surface area (TPSA) is 90.0 Å². The van der Waals surface area contributed by atoms with Crippen LogP contribution in [0.1, 0.15) is 18.9 Å². The summed E-state index contributed by atoms with van der Waals surface area (Å²) in [6, 6.07) is 5.55. The maximum Gasteiger partial charge on any atom is 0.424 e. The molecule has 1 amide bonds. The number of carbonyl (C=O) groups is 2. The summed E-state index contributed by atoms with van der Waals surface area (Å²) in [6.07, 6.45) is 5.85. The van der Waals surface area contributed by atoms with Crippen LogP contribution in [-0.4, -0.2) is 43.0 Å². The Hall–Kier alpha value is -2.61. The summed E-state index contributed by atoms with van der Waals surface area (Å²) < 4.78 is 38.0. The van der Waals surface area contributed by atoms with E-state index < -0.39 is 40.3 Å². The third-order valence-corrected chi connectivity index (χ3v) is 7.22. The van der Waals surface area contributed by atoms with Gasteiger partial charge >= 0.3 is 12.1 Å². The minimum atomic E-state index is -4.07. The first-order chi connectivity index (χ1) is 13.3. The van der Waals surface area contributed by atoms with Gasteiger partial charge in [-0.15, -0.1) is 0 Å². The third-order valence-electron chi connectivity index (χ3n) is 5.45. The zero-order valence-corrected chi connectivity index (χ0v) is 16.3. The molecule has 0 aromatic heterocycles. The maximum absolute atomic E-state index is 13.1. The molecule has 1 aliphatic heterocycles. The molecule has 2 aliphatic carbocycles. The number of aryl methyl sites for hydroxylation is 1.